The van der Waals surface area contributed by atoms with Gasteiger partial charge in [-0.05, 0) is 35.8 Å². The smallest absolute Gasteiger partial charge is 0.191 e. The van der Waals surface area contributed by atoms with Crippen molar-refractivity contribution in [1.29, 1.82) is 0 Å². The first-order valence-corrected chi connectivity index (χ1v) is 10.8. The fraction of sp³-hybridized carbons (Fsp3) is 0.696. The molecule has 2 N–H and O–H groups in total. The first-order chi connectivity index (χ1) is 13.5. The van der Waals surface area contributed by atoms with Crippen LogP contribution in [-0.2, 0) is 17.7 Å². The van der Waals surface area contributed by atoms with E-state index in [0.717, 1.165) is 58.1 Å². The summed E-state index contributed by atoms with van der Waals surface area (Å²) in [6, 6.07) is 8.81. The zero-order valence-electron chi connectivity index (χ0n) is 18.1. The number of benzene rings is 1. The predicted molar refractivity (Wildman–Crippen MR) is 117 cm³/mol. The lowest BCUT2D eigenvalue weighted by molar-refractivity contribution is -0.0835. The van der Waals surface area contributed by atoms with Crippen LogP contribution in [0, 0.1) is 11.3 Å². The van der Waals surface area contributed by atoms with Gasteiger partial charge >= 0.3 is 0 Å². The molecule has 3 rings (SSSR count). The van der Waals surface area contributed by atoms with E-state index >= 15 is 0 Å². The van der Waals surface area contributed by atoms with Gasteiger partial charge in [0.2, 0.25) is 0 Å². The molecule has 0 radical (unpaired) electrons. The van der Waals surface area contributed by atoms with Crippen LogP contribution in [0.3, 0.4) is 0 Å². The molecule has 0 amide bonds. The number of guanidine groups is 1. The molecule has 2 atom stereocenters. The van der Waals surface area contributed by atoms with Crippen LogP contribution in [0.5, 0.6) is 0 Å². The van der Waals surface area contributed by atoms with Crippen molar-refractivity contribution in [2.45, 2.75) is 52.7 Å². The summed E-state index contributed by atoms with van der Waals surface area (Å²) < 4.78 is 6.10. The molecule has 156 valence electrons. The van der Waals surface area contributed by atoms with Gasteiger partial charge in [0, 0.05) is 52.3 Å². The number of nitrogens with zero attached hydrogens (tertiary/aromatic N) is 2. The minimum Gasteiger partial charge on any atom is -0.377 e. The van der Waals surface area contributed by atoms with Crippen LogP contribution in [-0.4, -0.2) is 56.8 Å². The second kappa shape index (κ2) is 9.75. The third-order valence-corrected chi connectivity index (χ3v) is 5.98. The normalized spacial score (nSPS) is 23.9. The molecule has 2 aliphatic rings. The standard InChI is InChI=1S/C23H38N4O/c1-23(2,3)21-19(10-7-15-28-21)16-26-22(24-4)25-12-14-27-13-11-18-8-5-6-9-20(18)17-27/h5-6,8-9,19,21H,7,10-17H2,1-4H3,(H2,24,25,26). The maximum Gasteiger partial charge on any atom is 0.191 e. The van der Waals surface area contributed by atoms with Crippen molar-refractivity contribution in [3.8, 4) is 0 Å². The number of rotatable bonds is 5. The van der Waals surface area contributed by atoms with Gasteiger partial charge in [-0.2, -0.15) is 0 Å². The second-order valence-electron chi connectivity index (χ2n) is 9.23. The van der Waals surface area contributed by atoms with E-state index in [9.17, 15) is 0 Å². The summed E-state index contributed by atoms with van der Waals surface area (Å²) in [5, 5.41) is 7.03. The summed E-state index contributed by atoms with van der Waals surface area (Å²) in [5.74, 6) is 1.43. The van der Waals surface area contributed by atoms with E-state index in [0.29, 0.717) is 12.0 Å². The van der Waals surface area contributed by atoms with E-state index in [-0.39, 0.29) is 5.41 Å². The SMILES string of the molecule is CN=C(NCCN1CCc2ccccc2C1)NCC1CCCOC1C(C)(C)C. The summed E-state index contributed by atoms with van der Waals surface area (Å²) in [5.41, 5.74) is 3.16. The highest BCUT2D eigenvalue weighted by molar-refractivity contribution is 5.79. The van der Waals surface area contributed by atoms with E-state index < -0.39 is 0 Å². The van der Waals surface area contributed by atoms with Gasteiger partial charge in [0.05, 0.1) is 6.10 Å². The van der Waals surface area contributed by atoms with Crippen molar-refractivity contribution in [2.24, 2.45) is 16.3 Å². The molecule has 0 saturated carbocycles. The maximum absolute atomic E-state index is 6.10. The Hall–Kier alpha value is -1.59. The number of fused-ring (bicyclic) bond motifs is 1. The van der Waals surface area contributed by atoms with Crippen molar-refractivity contribution in [3.63, 3.8) is 0 Å². The Morgan fingerprint density at radius 2 is 2.00 bits per heavy atom. The van der Waals surface area contributed by atoms with Gasteiger partial charge in [-0.1, -0.05) is 45.0 Å². The molecule has 1 aromatic rings. The van der Waals surface area contributed by atoms with Gasteiger partial charge in [0.25, 0.3) is 0 Å². The van der Waals surface area contributed by atoms with Gasteiger partial charge < -0.3 is 15.4 Å². The topological polar surface area (TPSA) is 48.9 Å². The van der Waals surface area contributed by atoms with Crippen LogP contribution in [0.25, 0.3) is 0 Å². The quantitative estimate of drug-likeness (QED) is 0.603. The van der Waals surface area contributed by atoms with E-state index in [1.807, 2.05) is 7.05 Å². The van der Waals surface area contributed by atoms with Crippen molar-refractivity contribution >= 4 is 5.96 Å². The largest absolute Gasteiger partial charge is 0.377 e. The Kier molecular flexibility index (Phi) is 7.36. The Bertz CT molecular complexity index is 652. The summed E-state index contributed by atoms with van der Waals surface area (Å²) in [4.78, 5) is 6.93. The molecular formula is C23H38N4O. The van der Waals surface area contributed by atoms with Gasteiger partial charge in [-0.3, -0.25) is 9.89 Å². The predicted octanol–water partition coefficient (Wildman–Crippen LogP) is 3.05. The van der Waals surface area contributed by atoms with Crippen LogP contribution < -0.4 is 10.6 Å². The number of nitrogens with one attached hydrogen (secondary N) is 2. The molecule has 0 aliphatic carbocycles. The third kappa shape index (κ3) is 5.71. The molecule has 2 unspecified atom stereocenters. The van der Waals surface area contributed by atoms with Crippen molar-refractivity contribution in [3.05, 3.63) is 35.4 Å². The maximum atomic E-state index is 6.10. The number of hydrogen-bond donors (Lipinski definition) is 2. The van der Waals surface area contributed by atoms with Crippen molar-refractivity contribution in [1.82, 2.24) is 15.5 Å². The van der Waals surface area contributed by atoms with Crippen molar-refractivity contribution < 1.29 is 4.74 Å². The Morgan fingerprint density at radius 1 is 1.21 bits per heavy atom. The van der Waals surface area contributed by atoms with E-state index in [1.54, 1.807) is 0 Å². The van der Waals surface area contributed by atoms with Crippen LogP contribution in [0.1, 0.15) is 44.7 Å². The first-order valence-electron chi connectivity index (χ1n) is 10.8. The molecule has 5 heteroatoms. The highest BCUT2D eigenvalue weighted by Gasteiger charge is 2.35. The lowest BCUT2D eigenvalue weighted by atomic mass is 9.78. The summed E-state index contributed by atoms with van der Waals surface area (Å²) in [7, 11) is 1.85. The van der Waals surface area contributed by atoms with E-state index in [2.05, 4.69) is 65.6 Å². The fourth-order valence-corrected chi connectivity index (χ4v) is 4.54. The molecule has 28 heavy (non-hydrogen) atoms. The van der Waals surface area contributed by atoms with Gasteiger partial charge in [-0.15, -0.1) is 0 Å². The second-order valence-corrected chi connectivity index (χ2v) is 9.23. The highest BCUT2D eigenvalue weighted by Crippen LogP contribution is 2.33. The van der Waals surface area contributed by atoms with Gasteiger partial charge in [0.1, 0.15) is 0 Å². The number of hydrogen-bond acceptors (Lipinski definition) is 3. The average Bonchev–Trinajstić information content (AvgIpc) is 2.70. The van der Waals surface area contributed by atoms with E-state index in [1.165, 1.54) is 17.5 Å². The molecule has 5 nitrogen and oxygen atoms in total. The molecule has 2 heterocycles. The molecule has 2 aliphatic heterocycles. The number of ether oxygens (including phenoxy) is 1. The molecule has 1 saturated heterocycles. The Morgan fingerprint density at radius 3 is 2.75 bits per heavy atom. The summed E-state index contributed by atoms with van der Waals surface area (Å²) >= 11 is 0. The van der Waals surface area contributed by atoms with Gasteiger partial charge in [0.15, 0.2) is 5.96 Å². The third-order valence-electron chi connectivity index (χ3n) is 5.98. The van der Waals surface area contributed by atoms with Crippen LogP contribution >= 0.6 is 0 Å². The molecule has 0 aromatic heterocycles. The van der Waals surface area contributed by atoms with Gasteiger partial charge in [-0.25, -0.2) is 0 Å². The molecule has 1 aromatic carbocycles. The number of aliphatic imine (C=N–C) groups is 1. The Labute approximate surface area is 170 Å². The minimum absolute atomic E-state index is 0.175. The molecular weight excluding hydrogens is 348 g/mol. The van der Waals surface area contributed by atoms with E-state index in [4.69, 9.17) is 4.74 Å². The summed E-state index contributed by atoms with van der Waals surface area (Å²) in [6.45, 7) is 12.8. The summed E-state index contributed by atoms with van der Waals surface area (Å²) in [6.07, 6.45) is 3.83. The average molecular weight is 387 g/mol. The zero-order valence-corrected chi connectivity index (χ0v) is 18.1. The first kappa shape index (κ1) is 21.1. The lowest BCUT2D eigenvalue weighted by Gasteiger charge is -2.40. The van der Waals surface area contributed by atoms with Crippen molar-refractivity contribution in [2.75, 3.05) is 39.8 Å². The highest BCUT2D eigenvalue weighted by atomic mass is 16.5. The monoisotopic (exact) mass is 386 g/mol. The van der Waals surface area contributed by atoms with Crippen LogP contribution in [0.4, 0.5) is 0 Å². The Balaban J connectivity index is 1.41. The zero-order chi connectivity index (χ0) is 20.0. The molecule has 0 spiro atoms. The van der Waals surface area contributed by atoms with Crippen LogP contribution in [0.2, 0.25) is 0 Å². The minimum atomic E-state index is 0.175. The fourth-order valence-electron chi connectivity index (χ4n) is 4.54. The van der Waals surface area contributed by atoms with Crippen LogP contribution in [0.15, 0.2) is 29.3 Å². The molecule has 0 bridgehead atoms. The molecule has 1 fully saturated rings. The lowest BCUT2D eigenvalue weighted by Crippen LogP contribution is -2.48.